The zero-order valence-electron chi connectivity index (χ0n) is 21.8. The third-order valence-electron chi connectivity index (χ3n) is 9.79. The summed E-state index contributed by atoms with van der Waals surface area (Å²) in [7, 11) is 2.13. The summed E-state index contributed by atoms with van der Waals surface area (Å²) in [4.78, 5) is 28.6. The van der Waals surface area contributed by atoms with E-state index in [9.17, 15) is 14.0 Å². The van der Waals surface area contributed by atoms with Crippen molar-refractivity contribution in [3.8, 4) is 0 Å². The van der Waals surface area contributed by atoms with Crippen LogP contribution in [0.4, 0.5) is 4.39 Å². The highest BCUT2D eigenvalue weighted by atomic mass is 19.1. The van der Waals surface area contributed by atoms with Gasteiger partial charge in [0.25, 0.3) is 0 Å². The second-order valence-corrected chi connectivity index (χ2v) is 12.5. The Labute approximate surface area is 210 Å². The van der Waals surface area contributed by atoms with E-state index in [1.54, 1.807) is 0 Å². The quantitative estimate of drug-likeness (QED) is 0.456. The van der Waals surface area contributed by atoms with Crippen molar-refractivity contribution < 1.29 is 14.0 Å². The first-order chi connectivity index (χ1) is 16.8. The maximum absolute atomic E-state index is 14.5. The minimum atomic E-state index is -0.793. The van der Waals surface area contributed by atoms with Gasteiger partial charge >= 0.3 is 0 Å². The van der Waals surface area contributed by atoms with Crippen molar-refractivity contribution in [2.75, 3.05) is 26.7 Å². The van der Waals surface area contributed by atoms with E-state index in [-0.39, 0.29) is 47.8 Å². The Bertz CT molecular complexity index is 753. The molecule has 0 aromatic carbocycles. The number of alkyl halides is 1. The van der Waals surface area contributed by atoms with Crippen molar-refractivity contribution in [2.24, 2.45) is 29.6 Å². The van der Waals surface area contributed by atoms with E-state index >= 15 is 0 Å². The predicted octanol–water partition coefficient (Wildman–Crippen LogP) is 1.82. The summed E-state index contributed by atoms with van der Waals surface area (Å²) >= 11 is 0. The fourth-order valence-electron chi connectivity index (χ4n) is 7.33. The molecule has 7 nitrogen and oxygen atoms in total. The number of piperidine rings is 2. The van der Waals surface area contributed by atoms with Gasteiger partial charge in [0, 0.05) is 36.6 Å². The number of nitrogens with zero attached hydrogens (tertiary/aromatic N) is 1. The molecule has 0 spiro atoms. The molecule has 0 aromatic rings. The number of fused-ring (bicyclic) bond motifs is 1. The molecule has 2 amide bonds. The maximum atomic E-state index is 14.5. The molecule has 9 atom stereocenters. The number of nitrogens with one attached hydrogen (secondary N) is 4. The highest BCUT2D eigenvalue weighted by molar-refractivity contribution is 5.83. The molecular weight excluding hydrogens is 445 g/mol. The Morgan fingerprint density at radius 3 is 2.37 bits per heavy atom. The van der Waals surface area contributed by atoms with Crippen LogP contribution in [-0.4, -0.2) is 79.8 Å². The second-order valence-electron chi connectivity index (χ2n) is 12.5. The fourth-order valence-corrected chi connectivity index (χ4v) is 7.33. The van der Waals surface area contributed by atoms with E-state index in [4.69, 9.17) is 0 Å². The molecule has 3 saturated heterocycles. The van der Waals surface area contributed by atoms with Gasteiger partial charge in [0.1, 0.15) is 6.17 Å². The number of amides is 2. The molecule has 5 rings (SSSR count). The van der Waals surface area contributed by atoms with Gasteiger partial charge in [-0.15, -0.1) is 0 Å². The van der Waals surface area contributed by atoms with E-state index in [2.05, 4.69) is 47.1 Å². The van der Waals surface area contributed by atoms with Gasteiger partial charge < -0.3 is 26.2 Å². The molecule has 3 aliphatic heterocycles. The average molecular weight is 492 g/mol. The Balaban J connectivity index is 1.14. The van der Waals surface area contributed by atoms with E-state index in [0.717, 1.165) is 51.6 Å². The summed E-state index contributed by atoms with van der Waals surface area (Å²) in [5.41, 5.74) is 0. The van der Waals surface area contributed by atoms with Gasteiger partial charge in [-0.05, 0) is 89.3 Å². The van der Waals surface area contributed by atoms with Crippen molar-refractivity contribution in [1.29, 1.82) is 0 Å². The smallest absolute Gasteiger partial charge is 0.237 e. The Hall–Kier alpha value is -1.25. The van der Waals surface area contributed by atoms with E-state index in [0.29, 0.717) is 43.2 Å². The first-order valence-corrected chi connectivity index (χ1v) is 14.2. The summed E-state index contributed by atoms with van der Waals surface area (Å²) in [6.45, 7) is 7.14. The number of hydrogen-bond acceptors (Lipinski definition) is 5. The van der Waals surface area contributed by atoms with E-state index in [1.807, 2.05) is 0 Å². The molecule has 4 N–H and O–H groups in total. The summed E-state index contributed by atoms with van der Waals surface area (Å²) < 4.78 is 14.5. The van der Waals surface area contributed by atoms with Crippen molar-refractivity contribution in [3.63, 3.8) is 0 Å². The molecule has 3 heterocycles. The molecule has 0 radical (unpaired) electrons. The van der Waals surface area contributed by atoms with Gasteiger partial charge in [0.05, 0.1) is 12.0 Å². The Morgan fingerprint density at radius 2 is 1.71 bits per heavy atom. The molecule has 5 aliphatic rings. The van der Waals surface area contributed by atoms with Crippen LogP contribution in [0, 0.1) is 29.6 Å². The van der Waals surface area contributed by atoms with E-state index in [1.165, 1.54) is 0 Å². The topological polar surface area (TPSA) is 85.5 Å². The van der Waals surface area contributed by atoms with Crippen LogP contribution in [0.3, 0.4) is 0 Å². The van der Waals surface area contributed by atoms with Crippen LogP contribution in [0.15, 0.2) is 0 Å². The normalized spacial score (nSPS) is 41.7. The molecule has 0 aromatic heterocycles. The molecule has 0 bridgehead atoms. The second kappa shape index (κ2) is 10.6. The number of halogens is 1. The minimum absolute atomic E-state index is 0.0148. The van der Waals surface area contributed by atoms with Crippen molar-refractivity contribution in [1.82, 2.24) is 26.2 Å². The van der Waals surface area contributed by atoms with Gasteiger partial charge in [-0.2, -0.15) is 0 Å². The standard InChI is InChI=1S/C27H46FN5O2/c1-15-4-7-21(28)20-13-22(31-23(15)20)27(35)32-25(17-5-6-17)24-16(2)12-18(14-29-24)26(34)30-19-8-10-33(3)11-9-19/h15-25,29,31H,4-14H2,1-3H3,(H,30,34)(H,32,35). The third kappa shape index (κ3) is 5.69. The summed E-state index contributed by atoms with van der Waals surface area (Å²) in [6, 6.07) is 0.370. The summed E-state index contributed by atoms with van der Waals surface area (Å²) in [6.07, 6.45) is 6.51. The summed E-state index contributed by atoms with van der Waals surface area (Å²) in [5, 5.41) is 13.8. The molecule has 2 saturated carbocycles. The van der Waals surface area contributed by atoms with Crippen molar-refractivity contribution in [3.05, 3.63) is 0 Å². The number of likely N-dealkylation sites (tertiary alicyclic amines) is 1. The van der Waals surface area contributed by atoms with Gasteiger partial charge in [-0.25, -0.2) is 4.39 Å². The number of hydrogen-bond donors (Lipinski definition) is 4. The number of carbonyl (C=O) groups excluding carboxylic acids is 2. The fraction of sp³-hybridized carbons (Fsp3) is 0.926. The predicted molar refractivity (Wildman–Crippen MR) is 134 cm³/mol. The van der Waals surface area contributed by atoms with Gasteiger partial charge in [-0.3, -0.25) is 9.59 Å². The average Bonchev–Trinajstić information content (AvgIpc) is 3.58. The minimum Gasteiger partial charge on any atom is -0.353 e. The molecule has 8 heteroatoms. The lowest BCUT2D eigenvalue weighted by molar-refractivity contribution is -0.128. The molecule has 198 valence electrons. The molecule has 2 aliphatic carbocycles. The van der Waals surface area contributed by atoms with Crippen LogP contribution in [0.2, 0.25) is 0 Å². The Kier molecular flexibility index (Phi) is 7.71. The Morgan fingerprint density at radius 1 is 0.971 bits per heavy atom. The monoisotopic (exact) mass is 491 g/mol. The number of carbonyl (C=O) groups is 2. The highest BCUT2D eigenvalue weighted by Gasteiger charge is 2.48. The molecule has 9 unspecified atom stereocenters. The maximum Gasteiger partial charge on any atom is 0.237 e. The van der Waals surface area contributed by atoms with Crippen LogP contribution in [-0.2, 0) is 9.59 Å². The highest BCUT2D eigenvalue weighted by Crippen LogP contribution is 2.40. The SMILES string of the molecule is CC1CCC(F)C2CC(C(=O)NC(C3CC3)C3NCC(C(=O)NC4CCN(C)CC4)CC3C)NC12. The molecular formula is C27H46FN5O2. The van der Waals surface area contributed by atoms with E-state index < -0.39 is 6.17 Å². The zero-order chi connectivity index (χ0) is 24.7. The van der Waals surface area contributed by atoms with Crippen molar-refractivity contribution in [2.45, 2.75) is 102 Å². The first-order valence-electron chi connectivity index (χ1n) is 14.2. The molecule has 5 fully saturated rings. The van der Waals surface area contributed by atoms with Crippen LogP contribution in [0.25, 0.3) is 0 Å². The third-order valence-corrected chi connectivity index (χ3v) is 9.79. The van der Waals surface area contributed by atoms with Crippen LogP contribution >= 0.6 is 0 Å². The van der Waals surface area contributed by atoms with Crippen molar-refractivity contribution >= 4 is 11.8 Å². The zero-order valence-corrected chi connectivity index (χ0v) is 21.8. The molecule has 35 heavy (non-hydrogen) atoms. The largest absolute Gasteiger partial charge is 0.353 e. The number of rotatable bonds is 6. The van der Waals surface area contributed by atoms with Crippen LogP contribution < -0.4 is 21.3 Å². The van der Waals surface area contributed by atoms with Gasteiger partial charge in [-0.1, -0.05) is 13.8 Å². The van der Waals surface area contributed by atoms with Gasteiger partial charge in [0.2, 0.25) is 11.8 Å². The van der Waals surface area contributed by atoms with Crippen LogP contribution in [0.1, 0.15) is 65.2 Å². The van der Waals surface area contributed by atoms with Gasteiger partial charge in [0.15, 0.2) is 0 Å². The lowest BCUT2D eigenvalue weighted by Crippen LogP contribution is -2.61. The first kappa shape index (κ1) is 25.4. The lowest BCUT2D eigenvalue weighted by Gasteiger charge is -2.40. The lowest BCUT2D eigenvalue weighted by atomic mass is 9.77. The summed E-state index contributed by atoms with van der Waals surface area (Å²) in [5.74, 6) is 1.38. The van der Waals surface area contributed by atoms with Crippen LogP contribution in [0.5, 0.6) is 0 Å².